The van der Waals surface area contributed by atoms with Crippen LogP contribution in [0.15, 0.2) is 0 Å². The van der Waals surface area contributed by atoms with Gasteiger partial charge < -0.3 is 33.2 Å². The van der Waals surface area contributed by atoms with Gasteiger partial charge in [0.25, 0.3) is 5.06 Å². The molecule has 0 radical (unpaired) electrons. The normalized spacial score (nSPS) is 48.2. The fraction of sp³-hybridized carbons (Fsp3) is 0.941. The summed E-state index contributed by atoms with van der Waals surface area (Å²) in [7, 11) is 0. The van der Waals surface area contributed by atoms with Crippen LogP contribution in [0.4, 0.5) is 0 Å². The summed E-state index contributed by atoms with van der Waals surface area (Å²) in [6.45, 7) is 10.7. The molecule has 0 bridgehead atoms. The summed E-state index contributed by atoms with van der Waals surface area (Å²) in [6.07, 6.45) is -3.74. The highest BCUT2D eigenvalue weighted by molar-refractivity contribution is 6.35. The molecule has 148 valence electrons. The van der Waals surface area contributed by atoms with Crippen LogP contribution in [0.25, 0.3) is 0 Å². The van der Waals surface area contributed by atoms with Crippen LogP contribution < -0.4 is 0 Å². The van der Waals surface area contributed by atoms with Gasteiger partial charge in [0.15, 0.2) is 17.9 Å². The van der Waals surface area contributed by atoms with Crippen LogP contribution in [0.5, 0.6) is 0 Å². The zero-order valence-electron chi connectivity index (χ0n) is 15.7. The van der Waals surface area contributed by atoms with Crippen molar-refractivity contribution in [3.63, 3.8) is 0 Å². The molecule has 4 aliphatic heterocycles. The third-order valence-electron chi connectivity index (χ3n) is 4.72. The van der Waals surface area contributed by atoms with E-state index in [1.54, 1.807) is 27.7 Å². The van der Waals surface area contributed by atoms with Crippen molar-refractivity contribution in [2.75, 3.05) is 0 Å². The number of hydrogen-bond donors (Lipinski definition) is 0. The van der Waals surface area contributed by atoms with E-state index in [0.717, 1.165) is 0 Å². The fourth-order valence-electron chi connectivity index (χ4n) is 3.77. The van der Waals surface area contributed by atoms with E-state index >= 15 is 0 Å². The van der Waals surface area contributed by atoms with Crippen molar-refractivity contribution in [3.05, 3.63) is 0 Å². The van der Waals surface area contributed by atoms with E-state index in [9.17, 15) is 4.79 Å². The number of epoxide rings is 1. The van der Waals surface area contributed by atoms with Gasteiger partial charge in [0.05, 0.1) is 6.10 Å². The molecule has 7 atom stereocenters. The quantitative estimate of drug-likeness (QED) is 0.407. The number of esters is 1. The Labute approximate surface area is 157 Å². The van der Waals surface area contributed by atoms with E-state index in [2.05, 4.69) is 0 Å². The van der Waals surface area contributed by atoms with Crippen LogP contribution in [0, 0.1) is 0 Å². The summed E-state index contributed by atoms with van der Waals surface area (Å²) < 4.78 is 40.6. The van der Waals surface area contributed by atoms with Crippen molar-refractivity contribution in [1.82, 2.24) is 0 Å². The highest BCUT2D eigenvalue weighted by Gasteiger charge is 2.73. The lowest BCUT2D eigenvalue weighted by atomic mass is 9.95. The standard InChI is InChI=1S/C17H25ClO8/c1-7(2)20-14(19)17(18)12(25-17)10-8-9(23-15(3,4)22-8)11-13(21-10)26-16(5,6)24-11/h7-13H,1-6H3/t8-,9+,10+,11-,12?,13-,17-/m1/s1. The maximum atomic E-state index is 12.3. The number of carbonyl (C=O) groups excluding carboxylic acids is 1. The Hall–Kier alpha value is -0.480. The van der Waals surface area contributed by atoms with E-state index < -0.39 is 59.4 Å². The van der Waals surface area contributed by atoms with Gasteiger partial charge in [0.2, 0.25) is 0 Å². The van der Waals surface area contributed by atoms with Crippen LogP contribution >= 0.6 is 11.6 Å². The Kier molecular flexibility index (Phi) is 4.18. The first-order valence-electron chi connectivity index (χ1n) is 8.86. The molecule has 0 amide bonds. The number of ether oxygens (including phenoxy) is 7. The molecule has 4 saturated heterocycles. The van der Waals surface area contributed by atoms with E-state index in [1.165, 1.54) is 0 Å². The predicted octanol–water partition coefficient (Wildman–Crippen LogP) is 1.67. The zero-order chi connectivity index (χ0) is 19.1. The number of alkyl halides is 1. The number of carbonyl (C=O) groups is 1. The van der Waals surface area contributed by atoms with E-state index in [1.807, 2.05) is 13.8 Å². The summed E-state index contributed by atoms with van der Waals surface area (Å²) in [6, 6.07) is 0. The number of halogens is 1. The van der Waals surface area contributed by atoms with E-state index in [-0.39, 0.29) is 6.10 Å². The molecule has 4 fully saturated rings. The monoisotopic (exact) mass is 392 g/mol. The second kappa shape index (κ2) is 5.76. The van der Waals surface area contributed by atoms with Crippen LogP contribution in [-0.4, -0.2) is 65.5 Å². The topological polar surface area (TPSA) is 85.0 Å². The van der Waals surface area contributed by atoms with Gasteiger partial charge in [0.1, 0.15) is 30.5 Å². The Morgan fingerprint density at radius 2 is 1.42 bits per heavy atom. The number of rotatable bonds is 3. The largest absolute Gasteiger partial charge is 0.460 e. The van der Waals surface area contributed by atoms with Gasteiger partial charge in [-0.15, -0.1) is 0 Å². The van der Waals surface area contributed by atoms with Gasteiger partial charge in [-0.2, -0.15) is 0 Å². The molecule has 4 heterocycles. The molecule has 0 spiro atoms. The van der Waals surface area contributed by atoms with Crippen LogP contribution in [0.2, 0.25) is 0 Å². The number of fused-ring (bicyclic) bond motifs is 3. The lowest BCUT2D eigenvalue weighted by molar-refractivity contribution is -0.237. The third-order valence-corrected chi connectivity index (χ3v) is 5.18. The third kappa shape index (κ3) is 3.05. The van der Waals surface area contributed by atoms with E-state index in [0.29, 0.717) is 0 Å². The minimum Gasteiger partial charge on any atom is -0.460 e. The summed E-state index contributed by atoms with van der Waals surface area (Å²) in [5, 5.41) is -1.59. The molecule has 0 aromatic rings. The summed E-state index contributed by atoms with van der Waals surface area (Å²) in [5.41, 5.74) is 0. The van der Waals surface area contributed by atoms with Crippen LogP contribution in [-0.2, 0) is 38.0 Å². The van der Waals surface area contributed by atoms with Crippen molar-refractivity contribution in [1.29, 1.82) is 0 Å². The van der Waals surface area contributed by atoms with Gasteiger partial charge >= 0.3 is 5.97 Å². The molecule has 8 nitrogen and oxygen atoms in total. The summed E-state index contributed by atoms with van der Waals surface area (Å²) >= 11 is 6.35. The van der Waals surface area contributed by atoms with Gasteiger partial charge in [0, 0.05) is 0 Å². The highest BCUT2D eigenvalue weighted by Crippen LogP contribution is 2.52. The van der Waals surface area contributed by atoms with Crippen molar-refractivity contribution in [3.8, 4) is 0 Å². The molecule has 0 aromatic carbocycles. The second-order valence-electron chi connectivity index (χ2n) is 8.27. The molecule has 9 heteroatoms. The fourth-order valence-corrected chi connectivity index (χ4v) is 4.04. The first kappa shape index (κ1) is 18.9. The molecule has 0 aliphatic carbocycles. The minimum absolute atomic E-state index is 0.301. The summed E-state index contributed by atoms with van der Waals surface area (Å²) in [5.74, 6) is -2.28. The average molecular weight is 393 g/mol. The molecule has 1 unspecified atom stereocenters. The average Bonchev–Trinajstić information content (AvgIpc) is 2.90. The lowest BCUT2D eigenvalue weighted by Gasteiger charge is -2.36. The van der Waals surface area contributed by atoms with Crippen molar-refractivity contribution in [2.24, 2.45) is 0 Å². The molecule has 0 saturated carbocycles. The zero-order valence-corrected chi connectivity index (χ0v) is 16.4. The van der Waals surface area contributed by atoms with Gasteiger partial charge in [-0.1, -0.05) is 11.6 Å². The maximum Gasteiger partial charge on any atom is 0.357 e. The van der Waals surface area contributed by atoms with E-state index in [4.69, 9.17) is 44.8 Å². The SMILES string of the molecule is CC(C)OC(=O)[C@]1(Cl)OC1[C@H]1O[C@@H]2OC(C)(C)O[C@@H]2[C@H]2OC(C)(C)O[C@H]21. The van der Waals surface area contributed by atoms with Gasteiger partial charge in [-0.3, -0.25) is 0 Å². The van der Waals surface area contributed by atoms with Gasteiger partial charge in [-0.05, 0) is 41.5 Å². The predicted molar refractivity (Wildman–Crippen MR) is 87.2 cm³/mol. The van der Waals surface area contributed by atoms with Gasteiger partial charge in [-0.25, -0.2) is 4.79 Å². The molecule has 0 N–H and O–H groups in total. The first-order valence-corrected chi connectivity index (χ1v) is 9.24. The first-order chi connectivity index (χ1) is 11.9. The van der Waals surface area contributed by atoms with Crippen molar-refractivity contribution >= 4 is 17.6 Å². The number of hydrogen-bond acceptors (Lipinski definition) is 8. The molecule has 0 aromatic heterocycles. The lowest BCUT2D eigenvalue weighted by Crippen LogP contribution is -2.57. The Morgan fingerprint density at radius 1 is 0.885 bits per heavy atom. The minimum atomic E-state index is -1.59. The van der Waals surface area contributed by atoms with Crippen molar-refractivity contribution < 1.29 is 38.0 Å². The molecule has 4 aliphatic rings. The molecular weight excluding hydrogens is 368 g/mol. The maximum absolute atomic E-state index is 12.3. The Morgan fingerprint density at radius 3 is 2.04 bits per heavy atom. The molecule has 26 heavy (non-hydrogen) atoms. The summed E-state index contributed by atoms with van der Waals surface area (Å²) in [4.78, 5) is 12.3. The second-order valence-corrected chi connectivity index (χ2v) is 8.83. The van der Waals surface area contributed by atoms with Crippen LogP contribution in [0.1, 0.15) is 41.5 Å². The molecular formula is C17H25ClO8. The smallest absolute Gasteiger partial charge is 0.357 e. The molecule has 4 rings (SSSR count). The Bertz CT molecular complexity index is 608. The van der Waals surface area contributed by atoms with Crippen LogP contribution in [0.3, 0.4) is 0 Å². The highest BCUT2D eigenvalue weighted by atomic mass is 35.5. The Balaban J connectivity index is 1.57. The van der Waals surface area contributed by atoms with Crippen molar-refractivity contribution in [2.45, 2.75) is 101 Å².